The van der Waals surface area contributed by atoms with Gasteiger partial charge in [-0.3, -0.25) is 0 Å². The Balaban J connectivity index is 2.78. The summed E-state index contributed by atoms with van der Waals surface area (Å²) in [5.74, 6) is 0.487. The van der Waals surface area contributed by atoms with Gasteiger partial charge in [0, 0.05) is 6.04 Å². The number of halogens is 1. The number of benzene rings is 1. The topological polar surface area (TPSA) is 12.0 Å². The second-order valence-corrected chi connectivity index (χ2v) is 6.95. The molecule has 19 heavy (non-hydrogen) atoms. The molecule has 2 atom stereocenters. The molecule has 108 valence electrons. The van der Waals surface area contributed by atoms with Crippen LogP contribution in [0.4, 0.5) is 4.39 Å². The lowest BCUT2D eigenvalue weighted by molar-refractivity contribution is 0.278. The van der Waals surface area contributed by atoms with E-state index < -0.39 is 0 Å². The Morgan fingerprint density at radius 1 is 1.26 bits per heavy atom. The molecule has 0 heterocycles. The van der Waals surface area contributed by atoms with E-state index in [1.54, 1.807) is 12.1 Å². The predicted molar refractivity (Wildman–Crippen MR) is 80.8 cm³/mol. The Morgan fingerprint density at radius 3 is 2.37 bits per heavy atom. The van der Waals surface area contributed by atoms with Gasteiger partial charge in [-0.05, 0) is 61.4 Å². The summed E-state index contributed by atoms with van der Waals surface area (Å²) in [4.78, 5) is 0. The summed E-state index contributed by atoms with van der Waals surface area (Å²) >= 11 is 0. The molecule has 0 amide bonds. The van der Waals surface area contributed by atoms with Gasteiger partial charge in [0.15, 0.2) is 0 Å². The van der Waals surface area contributed by atoms with E-state index in [-0.39, 0.29) is 5.82 Å². The molecular weight excluding hydrogens is 237 g/mol. The standard InChI is InChI=1S/C17H28FN/c1-12(11-17(3,4)5)9-16(19-6)15-8-7-14(18)10-13(15)2/h7-8,10,12,16,19H,9,11H2,1-6H3. The molecule has 0 saturated carbocycles. The van der Waals surface area contributed by atoms with Gasteiger partial charge in [0.2, 0.25) is 0 Å². The summed E-state index contributed by atoms with van der Waals surface area (Å²) in [6.07, 6.45) is 2.28. The van der Waals surface area contributed by atoms with E-state index in [2.05, 4.69) is 33.0 Å². The van der Waals surface area contributed by atoms with Crippen LogP contribution in [0.15, 0.2) is 18.2 Å². The fraction of sp³-hybridized carbons (Fsp3) is 0.647. The molecule has 0 aliphatic rings. The second-order valence-electron chi connectivity index (χ2n) is 6.95. The number of nitrogens with one attached hydrogen (secondary N) is 1. The molecule has 0 saturated heterocycles. The zero-order chi connectivity index (χ0) is 14.6. The van der Waals surface area contributed by atoms with Crippen LogP contribution in [0.25, 0.3) is 0 Å². The molecule has 2 unspecified atom stereocenters. The Labute approximate surface area is 117 Å². The highest BCUT2D eigenvalue weighted by Crippen LogP contribution is 2.31. The van der Waals surface area contributed by atoms with Crippen molar-refractivity contribution in [2.45, 2.75) is 53.5 Å². The zero-order valence-corrected chi connectivity index (χ0v) is 13.2. The maximum absolute atomic E-state index is 13.2. The van der Waals surface area contributed by atoms with Gasteiger partial charge < -0.3 is 5.32 Å². The van der Waals surface area contributed by atoms with Gasteiger partial charge in [0.25, 0.3) is 0 Å². The van der Waals surface area contributed by atoms with E-state index in [4.69, 9.17) is 0 Å². The first-order valence-corrected chi connectivity index (χ1v) is 7.16. The summed E-state index contributed by atoms with van der Waals surface area (Å²) in [6.45, 7) is 11.1. The molecule has 2 heteroatoms. The summed E-state index contributed by atoms with van der Waals surface area (Å²) in [6, 6.07) is 5.39. The molecule has 1 N–H and O–H groups in total. The van der Waals surface area contributed by atoms with Crippen molar-refractivity contribution in [1.29, 1.82) is 0 Å². The number of aryl methyl sites for hydroxylation is 1. The van der Waals surface area contributed by atoms with Crippen molar-refractivity contribution in [3.8, 4) is 0 Å². The van der Waals surface area contributed by atoms with Gasteiger partial charge in [0.1, 0.15) is 5.82 Å². The summed E-state index contributed by atoms with van der Waals surface area (Å²) in [7, 11) is 1.98. The molecule has 0 aliphatic carbocycles. The van der Waals surface area contributed by atoms with Crippen LogP contribution in [-0.4, -0.2) is 7.05 Å². The first-order chi connectivity index (χ1) is 8.73. The Kier molecular flexibility index (Phi) is 5.54. The monoisotopic (exact) mass is 265 g/mol. The third-order valence-electron chi connectivity index (χ3n) is 3.55. The lowest BCUT2D eigenvalue weighted by Crippen LogP contribution is -2.22. The van der Waals surface area contributed by atoms with E-state index >= 15 is 0 Å². The summed E-state index contributed by atoms with van der Waals surface area (Å²) < 4.78 is 13.2. The number of rotatable bonds is 5. The van der Waals surface area contributed by atoms with Crippen LogP contribution in [0.2, 0.25) is 0 Å². The highest BCUT2D eigenvalue weighted by atomic mass is 19.1. The predicted octanol–water partition coefficient (Wildman–Crippen LogP) is 4.86. The van der Waals surface area contributed by atoms with Crippen molar-refractivity contribution in [2.24, 2.45) is 11.3 Å². The average molecular weight is 265 g/mol. The third-order valence-corrected chi connectivity index (χ3v) is 3.55. The molecule has 1 aromatic carbocycles. The maximum Gasteiger partial charge on any atom is 0.123 e. The largest absolute Gasteiger partial charge is 0.313 e. The first-order valence-electron chi connectivity index (χ1n) is 7.16. The molecular formula is C17H28FN. The van der Waals surface area contributed by atoms with Crippen LogP contribution in [-0.2, 0) is 0 Å². The molecule has 0 radical (unpaired) electrons. The minimum atomic E-state index is -0.154. The molecule has 0 aromatic heterocycles. The molecule has 1 rings (SSSR count). The average Bonchev–Trinajstić information content (AvgIpc) is 2.24. The van der Waals surface area contributed by atoms with E-state index in [1.165, 1.54) is 12.0 Å². The van der Waals surface area contributed by atoms with Crippen molar-refractivity contribution in [1.82, 2.24) is 5.32 Å². The van der Waals surface area contributed by atoms with Gasteiger partial charge in [-0.25, -0.2) is 4.39 Å². The lowest BCUT2D eigenvalue weighted by atomic mass is 9.81. The minimum Gasteiger partial charge on any atom is -0.313 e. The van der Waals surface area contributed by atoms with E-state index in [1.807, 2.05) is 20.0 Å². The molecule has 0 fully saturated rings. The molecule has 0 spiro atoms. The van der Waals surface area contributed by atoms with E-state index in [9.17, 15) is 4.39 Å². The Hall–Kier alpha value is -0.890. The van der Waals surface area contributed by atoms with Crippen LogP contribution >= 0.6 is 0 Å². The van der Waals surface area contributed by atoms with Gasteiger partial charge in [-0.15, -0.1) is 0 Å². The van der Waals surface area contributed by atoms with Crippen molar-refractivity contribution in [3.63, 3.8) is 0 Å². The minimum absolute atomic E-state index is 0.154. The molecule has 1 aromatic rings. The highest BCUT2D eigenvalue weighted by Gasteiger charge is 2.20. The van der Waals surface area contributed by atoms with Gasteiger partial charge in [-0.1, -0.05) is 33.8 Å². The zero-order valence-electron chi connectivity index (χ0n) is 13.2. The van der Waals surface area contributed by atoms with Gasteiger partial charge in [0.05, 0.1) is 0 Å². The van der Waals surface area contributed by atoms with Crippen molar-refractivity contribution < 1.29 is 4.39 Å². The van der Waals surface area contributed by atoms with Crippen molar-refractivity contribution in [2.75, 3.05) is 7.05 Å². The molecule has 1 nitrogen and oxygen atoms in total. The van der Waals surface area contributed by atoms with Crippen molar-refractivity contribution >= 4 is 0 Å². The SMILES string of the molecule is CNC(CC(C)CC(C)(C)C)c1ccc(F)cc1C. The van der Waals surface area contributed by atoms with E-state index in [0.29, 0.717) is 17.4 Å². The first kappa shape index (κ1) is 16.2. The number of hydrogen-bond donors (Lipinski definition) is 1. The second kappa shape index (κ2) is 6.51. The molecule has 0 bridgehead atoms. The Morgan fingerprint density at radius 2 is 1.89 bits per heavy atom. The van der Waals surface area contributed by atoms with Crippen LogP contribution in [0.1, 0.15) is 57.7 Å². The summed E-state index contributed by atoms with van der Waals surface area (Å²) in [5, 5.41) is 3.37. The van der Waals surface area contributed by atoms with E-state index in [0.717, 1.165) is 12.0 Å². The normalized spacial score (nSPS) is 15.3. The van der Waals surface area contributed by atoms with Gasteiger partial charge >= 0.3 is 0 Å². The smallest absolute Gasteiger partial charge is 0.123 e. The van der Waals surface area contributed by atoms with Crippen LogP contribution in [0.5, 0.6) is 0 Å². The van der Waals surface area contributed by atoms with Gasteiger partial charge in [-0.2, -0.15) is 0 Å². The highest BCUT2D eigenvalue weighted by molar-refractivity contribution is 5.29. The van der Waals surface area contributed by atoms with Crippen LogP contribution in [0, 0.1) is 24.1 Å². The van der Waals surface area contributed by atoms with Crippen molar-refractivity contribution in [3.05, 3.63) is 35.1 Å². The quantitative estimate of drug-likeness (QED) is 0.802. The fourth-order valence-corrected chi connectivity index (χ4v) is 2.96. The van der Waals surface area contributed by atoms with Crippen LogP contribution in [0.3, 0.4) is 0 Å². The Bertz CT molecular complexity index is 406. The molecule has 0 aliphatic heterocycles. The maximum atomic E-state index is 13.2. The lowest BCUT2D eigenvalue weighted by Gasteiger charge is -2.27. The van der Waals surface area contributed by atoms with Crippen LogP contribution < -0.4 is 5.32 Å². The number of hydrogen-bond acceptors (Lipinski definition) is 1. The third kappa shape index (κ3) is 5.32. The summed E-state index contributed by atoms with van der Waals surface area (Å²) in [5.41, 5.74) is 2.60. The fourth-order valence-electron chi connectivity index (χ4n) is 2.96.